The Morgan fingerprint density at radius 1 is 1.47 bits per heavy atom. The maximum atomic E-state index is 11.4. The molecule has 1 aromatic heterocycles. The number of carbonyl (C=O) groups is 1. The van der Waals surface area contributed by atoms with E-state index in [9.17, 15) is 4.79 Å². The lowest BCUT2D eigenvalue weighted by atomic mass is 9.90. The molecule has 2 aliphatic carbocycles. The number of methoxy groups -OCH3 is 1. The summed E-state index contributed by atoms with van der Waals surface area (Å²) < 4.78 is 4.67. The summed E-state index contributed by atoms with van der Waals surface area (Å²) in [7, 11) is 1.36. The second kappa shape index (κ2) is 3.70. The third-order valence-corrected chi connectivity index (χ3v) is 3.05. The Kier molecular flexibility index (Phi) is 2.18. The van der Waals surface area contributed by atoms with Crippen LogP contribution in [0.1, 0.15) is 21.6 Å². The van der Waals surface area contributed by atoms with E-state index in [4.69, 9.17) is 0 Å². The van der Waals surface area contributed by atoms with E-state index in [2.05, 4.69) is 27.9 Å². The van der Waals surface area contributed by atoms with Crippen LogP contribution in [0.3, 0.4) is 0 Å². The predicted octanol–water partition coefficient (Wildman–Crippen LogP) is 2.30. The second-order valence-electron chi connectivity index (χ2n) is 4.09. The zero-order valence-electron chi connectivity index (χ0n) is 9.43. The molecule has 1 heterocycles. The minimum Gasteiger partial charge on any atom is -0.464 e. The van der Waals surface area contributed by atoms with Crippen LogP contribution in [0.2, 0.25) is 0 Å². The van der Waals surface area contributed by atoms with Crippen LogP contribution in [0.5, 0.6) is 0 Å². The number of nitrogens with zero attached hydrogens (tertiary/aromatic N) is 1. The van der Waals surface area contributed by atoms with Crippen molar-refractivity contribution >= 4 is 12.0 Å². The van der Waals surface area contributed by atoms with Gasteiger partial charge in [0.25, 0.3) is 0 Å². The van der Waals surface area contributed by atoms with Gasteiger partial charge in [-0.15, -0.1) is 0 Å². The molecule has 0 atom stereocenters. The smallest absolute Gasteiger partial charge is 0.356 e. The first-order valence-corrected chi connectivity index (χ1v) is 5.44. The monoisotopic (exact) mass is 225 g/mol. The topological polar surface area (TPSA) is 39.2 Å². The minimum absolute atomic E-state index is 0.359. The molecule has 3 rings (SSSR count). The molecule has 3 nitrogen and oxygen atoms in total. The number of rotatable bonds is 1. The molecule has 84 valence electrons. The van der Waals surface area contributed by atoms with Crippen molar-refractivity contribution in [1.82, 2.24) is 4.98 Å². The van der Waals surface area contributed by atoms with Gasteiger partial charge >= 0.3 is 5.97 Å². The van der Waals surface area contributed by atoms with E-state index in [1.165, 1.54) is 18.3 Å². The number of pyridine rings is 1. The molecule has 0 N–H and O–H groups in total. The highest BCUT2D eigenvalue weighted by molar-refractivity contribution is 5.88. The number of hydrogen-bond acceptors (Lipinski definition) is 3. The van der Waals surface area contributed by atoms with Gasteiger partial charge in [-0.05, 0) is 34.4 Å². The second-order valence-corrected chi connectivity index (χ2v) is 4.09. The summed E-state index contributed by atoms with van der Waals surface area (Å²) in [6, 6.07) is 1.79. The standard InChI is InChI=1S/C14H11NO2/c1-17-14(16)13-7-11-5-9-3-2-4-10(9)6-12(11)8-15-13/h2-5,7-8H,6H2,1H3. The maximum Gasteiger partial charge on any atom is 0.356 e. The van der Waals surface area contributed by atoms with Crippen molar-refractivity contribution in [2.45, 2.75) is 6.42 Å². The van der Waals surface area contributed by atoms with Crippen LogP contribution in [0, 0.1) is 0 Å². The number of carbonyl (C=O) groups excluding carboxylic acids is 1. The summed E-state index contributed by atoms with van der Waals surface area (Å²) in [6.07, 6.45) is 11.0. The molecule has 3 heteroatoms. The van der Waals surface area contributed by atoms with E-state index >= 15 is 0 Å². The summed E-state index contributed by atoms with van der Waals surface area (Å²) in [5, 5.41) is 0. The molecule has 0 fully saturated rings. The third kappa shape index (κ3) is 1.60. The van der Waals surface area contributed by atoms with Crippen molar-refractivity contribution < 1.29 is 9.53 Å². The molecule has 0 aliphatic heterocycles. The molecular formula is C14H11NO2. The summed E-state index contributed by atoms with van der Waals surface area (Å²) >= 11 is 0. The van der Waals surface area contributed by atoms with Gasteiger partial charge in [-0.25, -0.2) is 9.78 Å². The van der Waals surface area contributed by atoms with Gasteiger partial charge in [0.15, 0.2) is 0 Å². The van der Waals surface area contributed by atoms with Crippen LogP contribution in [0.4, 0.5) is 0 Å². The van der Waals surface area contributed by atoms with E-state index < -0.39 is 5.97 Å². The molecule has 0 amide bonds. The molecular weight excluding hydrogens is 214 g/mol. The lowest BCUT2D eigenvalue weighted by molar-refractivity contribution is 0.0594. The first-order chi connectivity index (χ1) is 8.28. The van der Waals surface area contributed by atoms with Crippen molar-refractivity contribution in [2.75, 3.05) is 7.11 Å². The molecule has 0 bridgehead atoms. The van der Waals surface area contributed by atoms with Gasteiger partial charge in [0.1, 0.15) is 5.69 Å². The van der Waals surface area contributed by atoms with Gasteiger partial charge in [0.05, 0.1) is 7.11 Å². The number of allylic oxidation sites excluding steroid dienone is 5. The Bertz CT molecular complexity index is 594. The highest BCUT2D eigenvalue weighted by atomic mass is 16.5. The van der Waals surface area contributed by atoms with Crippen LogP contribution in [-0.4, -0.2) is 18.1 Å². The Hall–Kier alpha value is -2.16. The first kappa shape index (κ1) is 10.0. The Balaban J connectivity index is 2.07. The summed E-state index contributed by atoms with van der Waals surface area (Å²) in [5.41, 5.74) is 5.09. The Labute approximate surface area is 99.1 Å². The quantitative estimate of drug-likeness (QED) is 0.688. The van der Waals surface area contributed by atoms with Crippen LogP contribution < -0.4 is 0 Å². The number of aromatic nitrogens is 1. The summed E-state index contributed by atoms with van der Waals surface area (Å²) in [4.78, 5) is 15.5. The van der Waals surface area contributed by atoms with Gasteiger partial charge in [-0.3, -0.25) is 0 Å². The van der Waals surface area contributed by atoms with Crippen molar-refractivity contribution in [2.24, 2.45) is 0 Å². The van der Waals surface area contributed by atoms with Crippen molar-refractivity contribution in [3.63, 3.8) is 0 Å². The highest BCUT2D eigenvalue weighted by Gasteiger charge is 2.18. The van der Waals surface area contributed by atoms with E-state index in [1.807, 2.05) is 6.08 Å². The average Bonchev–Trinajstić information content (AvgIpc) is 2.81. The van der Waals surface area contributed by atoms with Crippen LogP contribution >= 0.6 is 0 Å². The van der Waals surface area contributed by atoms with Crippen molar-refractivity contribution in [3.05, 3.63) is 58.5 Å². The van der Waals surface area contributed by atoms with Gasteiger partial charge in [0.2, 0.25) is 0 Å². The molecule has 2 aliphatic rings. The first-order valence-electron chi connectivity index (χ1n) is 5.44. The van der Waals surface area contributed by atoms with Gasteiger partial charge in [-0.1, -0.05) is 18.2 Å². The molecule has 0 aromatic carbocycles. The highest BCUT2D eigenvalue weighted by Crippen LogP contribution is 2.31. The van der Waals surface area contributed by atoms with Crippen molar-refractivity contribution in [1.29, 1.82) is 0 Å². The van der Waals surface area contributed by atoms with Crippen LogP contribution in [0.25, 0.3) is 6.08 Å². The zero-order valence-corrected chi connectivity index (χ0v) is 9.43. The van der Waals surface area contributed by atoms with Gasteiger partial charge in [0, 0.05) is 12.6 Å². The number of esters is 1. The molecule has 0 saturated heterocycles. The maximum absolute atomic E-state index is 11.4. The fourth-order valence-electron chi connectivity index (χ4n) is 2.14. The normalized spacial score (nSPS) is 15.8. The van der Waals surface area contributed by atoms with E-state index in [-0.39, 0.29) is 0 Å². The Morgan fingerprint density at radius 2 is 2.35 bits per heavy atom. The summed E-state index contributed by atoms with van der Waals surface area (Å²) in [6.45, 7) is 0. The van der Waals surface area contributed by atoms with Gasteiger partial charge < -0.3 is 4.74 Å². The van der Waals surface area contributed by atoms with Crippen LogP contribution in [0.15, 0.2) is 41.6 Å². The SMILES string of the molecule is COC(=O)c1cc2c(cn1)CC1=CC=CC1=C2. The fraction of sp³-hybridized carbons (Fsp3) is 0.143. The lowest BCUT2D eigenvalue weighted by Crippen LogP contribution is -2.08. The molecule has 0 unspecified atom stereocenters. The molecule has 0 radical (unpaired) electrons. The van der Waals surface area contributed by atoms with Crippen LogP contribution in [-0.2, 0) is 11.2 Å². The molecule has 17 heavy (non-hydrogen) atoms. The third-order valence-electron chi connectivity index (χ3n) is 3.05. The average molecular weight is 225 g/mol. The van der Waals surface area contributed by atoms with Crippen molar-refractivity contribution in [3.8, 4) is 0 Å². The number of ether oxygens (including phenoxy) is 1. The zero-order chi connectivity index (χ0) is 11.8. The Morgan fingerprint density at radius 3 is 3.18 bits per heavy atom. The van der Waals surface area contributed by atoms with Gasteiger partial charge in [-0.2, -0.15) is 0 Å². The predicted molar refractivity (Wildman–Crippen MR) is 64.5 cm³/mol. The lowest BCUT2D eigenvalue weighted by Gasteiger charge is -2.15. The minimum atomic E-state index is -0.394. The largest absolute Gasteiger partial charge is 0.464 e. The molecule has 1 aromatic rings. The number of hydrogen-bond donors (Lipinski definition) is 0. The molecule has 0 spiro atoms. The molecule has 0 saturated carbocycles. The fourth-order valence-corrected chi connectivity index (χ4v) is 2.14. The van der Waals surface area contributed by atoms with E-state index in [0.29, 0.717) is 5.69 Å². The summed E-state index contributed by atoms with van der Waals surface area (Å²) in [5.74, 6) is -0.394. The van der Waals surface area contributed by atoms with E-state index in [1.54, 1.807) is 12.3 Å². The number of fused-ring (bicyclic) bond motifs is 2. The van der Waals surface area contributed by atoms with E-state index in [0.717, 1.165) is 17.5 Å².